The quantitative estimate of drug-likeness (QED) is 0.599. The largest absolute Gasteiger partial charge is 0.481 e. The predicted octanol–water partition coefficient (Wildman–Crippen LogP) is 4.09. The summed E-state index contributed by atoms with van der Waals surface area (Å²) < 4.78 is 24.4. The number of aryl methyl sites for hydroxylation is 1. The molecule has 2 aliphatic heterocycles. The maximum atomic E-state index is 12.7. The minimum atomic E-state index is -0.488. The number of benzene rings is 1. The second-order valence-electron chi connectivity index (χ2n) is 11.4. The second-order valence-corrected chi connectivity index (χ2v) is 11.4. The molecule has 3 saturated carbocycles. The zero-order chi connectivity index (χ0) is 23.5. The monoisotopic (exact) mass is 466 g/mol. The van der Waals surface area contributed by atoms with Crippen LogP contribution in [0.1, 0.15) is 52.0 Å². The molecule has 2 N–H and O–H groups in total. The Hall–Kier alpha value is -2.03. The van der Waals surface area contributed by atoms with E-state index in [0.29, 0.717) is 24.9 Å². The minimum absolute atomic E-state index is 0.0727. The third-order valence-electron chi connectivity index (χ3n) is 9.23. The molecule has 2 saturated heterocycles. The van der Waals surface area contributed by atoms with E-state index in [-0.39, 0.29) is 29.1 Å². The van der Waals surface area contributed by atoms with Crippen LogP contribution in [0.3, 0.4) is 0 Å². The van der Waals surface area contributed by atoms with E-state index >= 15 is 0 Å². The molecule has 0 unspecified atom stereocenters. The van der Waals surface area contributed by atoms with Gasteiger partial charge in [-0.2, -0.15) is 0 Å². The third kappa shape index (κ3) is 3.66. The zero-order valence-electron chi connectivity index (χ0n) is 20.3. The highest BCUT2D eigenvalue weighted by molar-refractivity contribution is 6.47. The van der Waals surface area contributed by atoms with Crippen LogP contribution in [0.15, 0.2) is 34.9 Å². The smallest absolute Gasteiger partial charge is 0.464 e. The van der Waals surface area contributed by atoms with E-state index in [9.17, 15) is 4.79 Å². The molecule has 2 aromatic rings. The molecule has 1 aromatic carbocycles. The van der Waals surface area contributed by atoms with Crippen molar-refractivity contribution in [3.05, 3.63) is 36.1 Å². The molecule has 5 fully saturated rings. The number of nitrogens with one attached hydrogen (secondary N) is 2. The van der Waals surface area contributed by atoms with Gasteiger partial charge in [0.1, 0.15) is 12.2 Å². The fourth-order valence-electron chi connectivity index (χ4n) is 6.74. The van der Waals surface area contributed by atoms with E-state index in [1.807, 2.05) is 24.5 Å². The van der Waals surface area contributed by atoms with Gasteiger partial charge in [-0.15, -0.1) is 0 Å². The van der Waals surface area contributed by atoms with Gasteiger partial charge in [0, 0.05) is 11.4 Å². The van der Waals surface area contributed by atoms with Crippen LogP contribution in [0.5, 0.6) is 0 Å². The molecule has 1 aromatic heterocycles. The highest BCUT2D eigenvalue weighted by Crippen LogP contribution is 2.65. The molecule has 6 atom stereocenters. The molecule has 3 heterocycles. The van der Waals surface area contributed by atoms with E-state index in [0.717, 1.165) is 42.3 Å². The Labute approximate surface area is 201 Å². The lowest BCUT2D eigenvalue weighted by Crippen LogP contribution is -2.65. The SMILES string of the molecule is CC1(C)[C@@H]2C[C@H]3OB([C@H](CCc4coc5ccccc45)NC(=O)OC[C@H]4CCN4)O[C@@]3(C)[C@H]1C2. The number of para-hydroxylation sites is 1. The Bertz CT molecular complexity index is 1070. The van der Waals surface area contributed by atoms with Crippen LogP contribution in [0.4, 0.5) is 4.79 Å². The Morgan fingerprint density at radius 1 is 1.29 bits per heavy atom. The molecule has 3 aliphatic carbocycles. The summed E-state index contributed by atoms with van der Waals surface area (Å²) in [6.45, 7) is 8.29. The summed E-state index contributed by atoms with van der Waals surface area (Å²) in [5.41, 5.74) is 1.96. The van der Waals surface area contributed by atoms with Crippen LogP contribution in [0.2, 0.25) is 0 Å². The van der Waals surface area contributed by atoms with E-state index in [2.05, 4.69) is 37.5 Å². The Balaban J connectivity index is 1.17. The molecule has 7 nitrogen and oxygen atoms in total. The van der Waals surface area contributed by atoms with Crippen molar-refractivity contribution < 1.29 is 23.3 Å². The first kappa shape index (κ1) is 22.4. The minimum Gasteiger partial charge on any atom is -0.464 e. The lowest BCUT2D eigenvalue weighted by Gasteiger charge is -2.64. The number of hydrogen-bond acceptors (Lipinski definition) is 6. The van der Waals surface area contributed by atoms with Gasteiger partial charge < -0.3 is 29.1 Å². The molecular formula is C26H35BN2O5. The summed E-state index contributed by atoms with van der Waals surface area (Å²) in [6, 6.07) is 8.30. The Morgan fingerprint density at radius 3 is 2.88 bits per heavy atom. The van der Waals surface area contributed by atoms with Crippen LogP contribution < -0.4 is 10.6 Å². The van der Waals surface area contributed by atoms with Crippen LogP contribution in [0, 0.1) is 17.3 Å². The van der Waals surface area contributed by atoms with Gasteiger partial charge in [-0.05, 0) is 74.5 Å². The van der Waals surface area contributed by atoms with Crippen molar-refractivity contribution in [2.75, 3.05) is 13.2 Å². The Morgan fingerprint density at radius 2 is 2.12 bits per heavy atom. The van der Waals surface area contributed by atoms with E-state index in [1.165, 1.54) is 6.42 Å². The number of carbonyl (C=O) groups excluding carboxylic acids is 1. The molecule has 5 aliphatic rings. The number of furan rings is 1. The summed E-state index contributed by atoms with van der Waals surface area (Å²) in [6.07, 6.45) is 6.16. The van der Waals surface area contributed by atoms with Crippen LogP contribution in [0.25, 0.3) is 11.0 Å². The topological polar surface area (TPSA) is 82.0 Å². The van der Waals surface area contributed by atoms with Crippen LogP contribution in [-0.2, 0) is 20.5 Å². The van der Waals surface area contributed by atoms with Crippen molar-refractivity contribution in [1.29, 1.82) is 0 Å². The third-order valence-corrected chi connectivity index (χ3v) is 9.23. The maximum absolute atomic E-state index is 12.7. The maximum Gasteiger partial charge on any atom is 0.481 e. The van der Waals surface area contributed by atoms with Crippen molar-refractivity contribution in [3.63, 3.8) is 0 Å². The first-order valence-corrected chi connectivity index (χ1v) is 12.8. The van der Waals surface area contributed by atoms with E-state index in [4.69, 9.17) is 18.5 Å². The lowest BCUT2D eigenvalue weighted by atomic mass is 9.43. The van der Waals surface area contributed by atoms with Crippen molar-refractivity contribution in [2.45, 2.75) is 76.6 Å². The number of amides is 1. The molecule has 2 bridgehead atoms. The number of ether oxygens (including phenoxy) is 1. The average Bonchev–Trinajstić information content (AvgIpc) is 3.35. The molecule has 0 spiro atoms. The zero-order valence-corrected chi connectivity index (χ0v) is 20.3. The normalized spacial score (nSPS) is 34.1. The lowest BCUT2D eigenvalue weighted by molar-refractivity contribution is -0.199. The molecule has 34 heavy (non-hydrogen) atoms. The van der Waals surface area contributed by atoms with Gasteiger partial charge in [0.05, 0.1) is 23.9 Å². The summed E-state index contributed by atoms with van der Waals surface area (Å²) in [4.78, 5) is 12.7. The van der Waals surface area contributed by atoms with Gasteiger partial charge >= 0.3 is 13.2 Å². The van der Waals surface area contributed by atoms with Gasteiger partial charge in [-0.1, -0.05) is 32.0 Å². The highest BCUT2D eigenvalue weighted by atomic mass is 16.7. The summed E-state index contributed by atoms with van der Waals surface area (Å²) in [5.74, 6) is 0.851. The van der Waals surface area contributed by atoms with Crippen molar-refractivity contribution in [2.24, 2.45) is 17.3 Å². The van der Waals surface area contributed by atoms with Crippen molar-refractivity contribution in [1.82, 2.24) is 10.6 Å². The van der Waals surface area contributed by atoms with Gasteiger partial charge in [0.25, 0.3) is 0 Å². The van der Waals surface area contributed by atoms with Gasteiger partial charge in [0.15, 0.2) is 0 Å². The second kappa shape index (κ2) is 8.28. The molecule has 0 radical (unpaired) electrons. The number of fused-ring (bicyclic) bond motifs is 1. The van der Waals surface area contributed by atoms with Gasteiger partial charge in [-0.25, -0.2) is 4.79 Å². The van der Waals surface area contributed by atoms with Gasteiger partial charge in [0.2, 0.25) is 0 Å². The number of alkyl carbamates (subject to hydrolysis) is 1. The standard InChI is InChI=1S/C26H35BN2O5/c1-25(2)17-12-21(25)26(3)22(13-17)33-27(34-26)23(29-24(30)32-15-18-10-11-28-18)9-8-16-14-31-20-7-5-4-6-19(16)20/h4-7,14,17-18,21-23,28H,8-13,15H2,1-3H3,(H,29,30)/t17-,18+,21-,22+,23-,26-/m0/s1. The summed E-state index contributed by atoms with van der Waals surface area (Å²) >= 11 is 0. The fraction of sp³-hybridized carbons (Fsp3) is 0.654. The Kier molecular flexibility index (Phi) is 5.46. The predicted molar refractivity (Wildman–Crippen MR) is 129 cm³/mol. The fourth-order valence-corrected chi connectivity index (χ4v) is 6.74. The van der Waals surface area contributed by atoms with Crippen molar-refractivity contribution in [3.8, 4) is 0 Å². The first-order chi connectivity index (χ1) is 16.3. The van der Waals surface area contributed by atoms with E-state index in [1.54, 1.807) is 0 Å². The molecule has 182 valence electrons. The van der Waals surface area contributed by atoms with E-state index < -0.39 is 13.2 Å². The highest BCUT2D eigenvalue weighted by Gasteiger charge is 2.68. The van der Waals surface area contributed by atoms with Crippen molar-refractivity contribution >= 4 is 24.2 Å². The average molecular weight is 466 g/mol. The molecular weight excluding hydrogens is 431 g/mol. The number of carbonyl (C=O) groups is 1. The van der Waals surface area contributed by atoms with Crippen LogP contribution in [-0.4, -0.2) is 50.1 Å². The van der Waals surface area contributed by atoms with Gasteiger partial charge in [-0.3, -0.25) is 0 Å². The summed E-state index contributed by atoms with van der Waals surface area (Å²) in [5, 5.41) is 7.45. The molecule has 1 amide bonds. The summed E-state index contributed by atoms with van der Waals surface area (Å²) in [7, 11) is -0.488. The number of hydrogen-bond donors (Lipinski definition) is 2. The molecule has 7 rings (SSSR count). The first-order valence-electron chi connectivity index (χ1n) is 12.8. The van der Waals surface area contributed by atoms with Crippen LogP contribution >= 0.6 is 0 Å². The number of rotatable bonds is 7. The molecule has 8 heteroatoms.